The maximum absolute atomic E-state index is 14.2. The van der Waals surface area contributed by atoms with Crippen LogP contribution in [0.2, 0.25) is 0 Å². The van der Waals surface area contributed by atoms with Crippen molar-refractivity contribution in [2.24, 2.45) is 0 Å². The smallest absolute Gasteiger partial charge is 0.260 e. The molecule has 0 bridgehead atoms. The number of carbonyl (C=O) groups excluding carboxylic acids is 1. The van der Waals surface area contributed by atoms with E-state index in [1.807, 2.05) is 13.8 Å². The summed E-state index contributed by atoms with van der Waals surface area (Å²) in [5, 5.41) is 0. The van der Waals surface area contributed by atoms with Crippen LogP contribution in [0.4, 0.5) is 8.78 Å². The fourth-order valence-corrected chi connectivity index (χ4v) is 2.35. The van der Waals surface area contributed by atoms with Crippen LogP contribution < -0.4 is 4.74 Å². The molecular formula is C18H20F2N2O2. The van der Waals surface area contributed by atoms with E-state index in [4.69, 9.17) is 4.74 Å². The minimum atomic E-state index is -0.931. The van der Waals surface area contributed by atoms with Gasteiger partial charge < -0.3 is 9.64 Å². The summed E-state index contributed by atoms with van der Waals surface area (Å²) in [4.78, 5) is 18.2. The van der Waals surface area contributed by atoms with Crippen molar-refractivity contribution in [3.05, 3.63) is 59.4 Å². The molecule has 1 amide bonds. The van der Waals surface area contributed by atoms with Crippen LogP contribution in [-0.2, 0) is 6.54 Å². The molecule has 0 aliphatic heterocycles. The number of ether oxygens (including phenoxy) is 1. The predicted octanol–water partition coefficient (Wildman–Crippen LogP) is 3.81. The van der Waals surface area contributed by atoms with E-state index >= 15 is 0 Å². The van der Waals surface area contributed by atoms with Gasteiger partial charge in [-0.2, -0.15) is 0 Å². The molecule has 1 aromatic carbocycles. The van der Waals surface area contributed by atoms with Gasteiger partial charge in [0.25, 0.3) is 5.91 Å². The van der Waals surface area contributed by atoms with E-state index in [0.29, 0.717) is 6.42 Å². The Morgan fingerprint density at radius 1 is 1.25 bits per heavy atom. The van der Waals surface area contributed by atoms with Crippen molar-refractivity contribution in [3.8, 4) is 5.75 Å². The zero-order chi connectivity index (χ0) is 17.7. The third-order valence-electron chi connectivity index (χ3n) is 3.95. The molecule has 2 rings (SSSR count). The first-order chi connectivity index (χ1) is 11.5. The van der Waals surface area contributed by atoms with Gasteiger partial charge in [0.1, 0.15) is 22.9 Å². The second-order valence-corrected chi connectivity index (χ2v) is 5.51. The van der Waals surface area contributed by atoms with E-state index in [1.54, 1.807) is 24.5 Å². The summed E-state index contributed by atoms with van der Waals surface area (Å²) in [6.45, 7) is 4.01. The lowest BCUT2D eigenvalue weighted by atomic mass is 10.1. The Balaban J connectivity index is 2.38. The number of methoxy groups -OCH3 is 1. The maximum atomic E-state index is 14.2. The Kier molecular flexibility index (Phi) is 5.84. The van der Waals surface area contributed by atoms with Gasteiger partial charge in [0.05, 0.1) is 7.11 Å². The molecule has 0 spiro atoms. The molecule has 0 unspecified atom stereocenters. The average molecular weight is 334 g/mol. The largest absolute Gasteiger partial charge is 0.497 e. The van der Waals surface area contributed by atoms with E-state index in [1.165, 1.54) is 12.0 Å². The number of aromatic nitrogens is 1. The third-order valence-corrected chi connectivity index (χ3v) is 3.95. The first kappa shape index (κ1) is 17.8. The van der Waals surface area contributed by atoms with E-state index in [-0.39, 0.29) is 18.3 Å². The highest BCUT2D eigenvalue weighted by Crippen LogP contribution is 2.24. The molecule has 128 valence electrons. The van der Waals surface area contributed by atoms with Crippen molar-refractivity contribution >= 4 is 5.91 Å². The molecule has 2 aromatic rings. The van der Waals surface area contributed by atoms with Gasteiger partial charge in [0.15, 0.2) is 0 Å². The number of benzene rings is 1. The number of carbonyl (C=O) groups is 1. The number of pyridine rings is 1. The lowest BCUT2D eigenvalue weighted by Crippen LogP contribution is -2.38. The molecule has 0 aliphatic carbocycles. The zero-order valence-electron chi connectivity index (χ0n) is 13.9. The third kappa shape index (κ3) is 3.88. The molecule has 24 heavy (non-hydrogen) atoms. The van der Waals surface area contributed by atoms with Crippen molar-refractivity contribution in [1.29, 1.82) is 0 Å². The Labute approximate surface area is 140 Å². The fraction of sp³-hybridized carbons (Fsp3) is 0.333. The molecule has 0 radical (unpaired) electrons. The van der Waals surface area contributed by atoms with Gasteiger partial charge in [0, 0.05) is 37.1 Å². The second kappa shape index (κ2) is 7.86. The van der Waals surface area contributed by atoms with Crippen LogP contribution in [0.15, 0.2) is 36.7 Å². The summed E-state index contributed by atoms with van der Waals surface area (Å²) >= 11 is 0. The highest BCUT2D eigenvalue weighted by Gasteiger charge is 2.27. The van der Waals surface area contributed by atoms with Crippen LogP contribution in [0.3, 0.4) is 0 Å². The van der Waals surface area contributed by atoms with Crippen LogP contribution in [-0.4, -0.2) is 28.9 Å². The molecule has 0 N–H and O–H groups in total. The standard InChI is InChI=1S/C18H20F2N2O2/c1-4-12(2)22(11-13-5-7-21-8-6-13)18(23)17-15(19)9-14(24-3)10-16(17)20/h5-10,12H,4,11H2,1-3H3/t12-/m0/s1. The summed E-state index contributed by atoms with van der Waals surface area (Å²) in [5.41, 5.74) is 0.276. The van der Waals surface area contributed by atoms with Gasteiger partial charge in [-0.25, -0.2) is 8.78 Å². The minimum absolute atomic E-state index is 0.0331. The van der Waals surface area contributed by atoms with Crippen LogP contribution in [0, 0.1) is 11.6 Å². The number of rotatable bonds is 6. The fourth-order valence-electron chi connectivity index (χ4n) is 2.35. The van der Waals surface area contributed by atoms with Crippen molar-refractivity contribution < 1.29 is 18.3 Å². The Morgan fingerprint density at radius 2 is 1.83 bits per heavy atom. The second-order valence-electron chi connectivity index (χ2n) is 5.51. The summed E-state index contributed by atoms with van der Waals surface area (Å²) in [5.74, 6) is -2.51. The molecule has 1 heterocycles. The molecule has 0 fully saturated rings. The van der Waals surface area contributed by atoms with E-state index in [9.17, 15) is 13.6 Å². The van der Waals surface area contributed by atoms with Gasteiger partial charge in [-0.05, 0) is 31.0 Å². The van der Waals surface area contributed by atoms with Crippen LogP contribution in [0.1, 0.15) is 36.2 Å². The van der Waals surface area contributed by atoms with Gasteiger partial charge in [-0.3, -0.25) is 9.78 Å². The van der Waals surface area contributed by atoms with Crippen molar-refractivity contribution in [2.75, 3.05) is 7.11 Å². The predicted molar refractivity (Wildman–Crippen MR) is 86.8 cm³/mol. The highest BCUT2D eigenvalue weighted by molar-refractivity contribution is 5.95. The molecular weight excluding hydrogens is 314 g/mol. The number of hydrogen-bond acceptors (Lipinski definition) is 3. The zero-order valence-corrected chi connectivity index (χ0v) is 13.9. The number of amides is 1. The van der Waals surface area contributed by atoms with E-state index < -0.39 is 23.1 Å². The van der Waals surface area contributed by atoms with Crippen LogP contribution in [0.25, 0.3) is 0 Å². The maximum Gasteiger partial charge on any atom is 0.260 e. The van der Waals surface area contributed by atoms with Crippen LogP contribution in [0.5, 0.6) is 5.75 Å². The van der Waals surface area contributed by atoms with Gasteiger partial charge in [-0.1, -0.05) is 6.92 Å². The van der Waals surface area contributed by atoms with Gasteiger partial charge in [-0.15, -0.1) is 0 Å². The Bertz CT molecular complexity index is 684. The first-order valence-corrected chi connectivity index (χ1v) is 7.70. The molecule has 6 heteroatoms. The molecule has 0 saturated carbocycles. The topological polar surface area (TPSA) is 42.4 Å². The molecule has 0 saturated heterocycles. The molecule has 0 aliphatic rings. The lowest BCUT2D eigenvalue weighted by molar-refractivity contribution is 0.0661. The molecule has 1 aromatic heterocycles. The summed E-state index contributed by atoms with van der Waals surface area (Å²) in [6.07, 6.45) is 3.89. The van der Waals surface area contributed by atoms with E-state index in [2.05, 4.69) is 4.98 Å². The van der Waals surface area contributed by atoms with Gasteiger partial charge >= 0.3 is 0 Å². The van der Waals surface area contributed by atoms with Crippen molar-refractivity contribution in [2.45, 2.75) is 32.9 Å². The summed E-state index contributed by atoms with van der Waals surface area (Å²) < 4.78 is 33.3. The average Bonchev–Trinajstić information content (AvgIpc) is 2.59. The van der Waals surface area contributed by atoms with Crippen molar-refractivity contribution in [1.82, 2.24) is 9.88 Å². The number of halogens is 2. The SMILES string of the molecule is CC[C@H](C)N(Cc1ccncc1)C(=O)c1c(F)cc(OC)cc1F. The van der Waals surface area contributed by atoms with E-state index in [0.717, 1.165) is 17.7 Å². The molecule has 4 nitrogen and oxygen atoms in total. The Hall–Kier alpha value is -2.50. The van der Waals surface area contributed by atoms with Crippen molar-refractivity contribution in [3.63, 3.8) is 0 Å². The summed E-state index contributed by atoms with van der Waals surface area (Å²) in [7, 11) is 1.31. The summed E-state index contributed by atoms with van der Waals surface area (Å²) in [6, 6.07) is 5.38. The number of nitrogens with zero attached hydrogens (tertiary/aromatic N) is 2. The van der Waals surface area contributed by atoms with Crippen LogP contribution >= 0.6 is 0 Å². The first-order valence-electron chi connectivity index (χ1n) is 7.70. The quantitative estimate of drug-likeness (QED) is 0.807. The van der Waals surface area contributed by atoms with Gasteiger partial charge in [0.2, 0.25) is 0 Å². The minimum Gasteiger partial charge on any atom is -0.497 e. The Morgan fingerprint density at radius 3 is 2.33 bits per heavy atom. The number of hydrogen-bond donors (Lipinski definition) is 0. The lowest BCUT2D eigenvalue weighted by Gasteiger charge is -2.29. The highest BCUT2D eigenvalue weighted by atomic mass is 19.1. The normalized spacial score (nSPS) is 11.9. The molecule has 1 atom stereocenters. The monoisotopic (exact) mass is 334 g/mol.